The first-order valence-corrected chi connectivity index (χ1v) is 8.87. The highest BCUT2D eigenvalue weighted by Gasteiger charge is 2.32. The summed E-state index contributed by atoms with van der Waals surface area (Å²) in [6, 6.07) is 3.17. The van der Waals surface area contributed by atoms with Gasteiger partial charge in [-0.25, -0.2) is 8.42 Å². The molecule has 0 atom stereocenters. The molecule has 1 aliphatic rings. The summed E-state index contributed by atoms with van der Waals surface area (Å²) in [7, 11) is -2.17. The average molecular weight is 349 g/mol. The number of aliphatic imine (C=N–C) groups is 1. The van der Waals surface area contributed by atoms with Crippen LogP contribution < -0.4 is 10.6 Å². The molecule has 5 nitrogen and oxygen atoms in total. The molecule has 2 N–H and O–H groups in total. The fourth-order valence-corrected chi connectivity index (χ4v) is 2.65. The molecule has 0 spiro atoms. The maximum atomic E-state index is 12.9. The first-order chi connectivity index (χ1) is 10.6. The van der Waals surface area contributed by atoms with Crippen LogP contribution in [0, 0.1) is 0 Å². The Bertz CT molecular complexity index is 710. The van der Waals surface area contributed by atoms with E-state index in [1.807, 2.05) is 0 Å². The van der Waals surface area contributed by atoms with Crippen molar-refractivity contribution in [3.8, 4) is 0 Å². The van der Waals surface area contributed by atoms with E-state index in [1.54, 1.807) is 7.05 Å². The van der Waals surface area contributed by atoms with Crippen molar-refractivity contribution < 1.29 is 21.6 Å². The van der Waals surface area contributed by atoms with E-state index in [2.05, 4.69) is 15.6 Å². The van der Waals surface area contributed by atoms with Crippen molar-refractivity contribution in [1.82, 2.24) is 10.6 Å². The van der Waals surface area contributed by atoms with Crippen LogP contribution in [0.4, 0.5) is 13.2 Å². The minimum absolute atomic E-state index is 0.0405. The van der Waals surface area contributed by atoms with Gasteiger partial charge in [0.05, 0.1) is 10.5 Å². The number of hydrogen-bond donors (Lipinski definition) is 2. The molecular formula is C14H18F3N3O2S. The van der Waals surface area contributed by atoms with Crippen LogP contribution in [0.5, 0.6) is 0 Å². The second-order valence-electron chi connectivity index (χ2n) is 5.48. The number of rotatable bonds is 4. The molecule has 1 fully saturated rings. The number of alkyl halides is 3. The lowest BCUT2D eigenvalue weighted by molar-refractivity contribution is -0.137. The van der Waals surface area contributed by atoms with Crippen molar-refractivity contribution in [3.63, 3.8) is 0 Å². The molecule has 0 unspecified atom stereocenters. The van der Waals surface area contributed by atoms with Gasteiger partial charge in [0, 0.05) is 25.9 Å². The Morgan fingerprint density at radius 3 is 2.43 bits per heavy atom. The third-order valence-corrected chi connectivity index (χ3v) is 4.42. The lowest BCUT2D eigenvalue weighted by Crippen LogP contribution is -2.38. The smallest absolute Gasteiger partial charge is 0.354 e. The second-order valence-corrected chi connectivity index (χ2v) is 7.50. The SMILES string of the molecule is CN=C(NCc1cc(C(F)(F)F)cc(S(C)(=O)=O)c1)NC1CC1. The Hall–Kier alpha value is -1.77. The van der Waals surface area contributed by atoms with Crippen molar-refractivity contribution in [3.05, 3.63) is 29.3 Å². The van der Waals surface area contributed by atoms with E-state index in [9.17, 15) is 21.6 Å². The van der Waals surface area contributed by atoms with Gasteiger partial charge in [-0.2, -0.15) is 13.2 Å². The number of benzene rings is 1. The summed E-state index contributed by atoms with van der Waals surface area (Å²) in [5.74, 6) is 0.478. The standard InChI is InChI=1S/C14H18F3N3O2S/c1-18-13(20-11-3-4-11)19-8-9-5-10(14(15,16)17)7-12(6-9)23(2,21)22/h5-7,11H,3-4,8H2,1-2H3,(H2,18,19,20). The lowest BCUT2D eigenvalue weighted by atomic mass is 10.1. The molecular weight excluding hydrogens is 331 g/mol. The van der Waals surface area contributed by atoms with Gasteiger partial charge >= 0.3 is 6.18 Å². The molecule has 1 aliphatic carbocycles. The van der Waals surface area contributed by atoms with Gasteiger partial charge in [0.1, 0.15) is 0 Å². The van der Waals surface area contributed by atoms with Crippen LogP contribution >= 0.6 is 0 Å². The predicted molar refractivity (Wildman–Crippen MR) is 80.9 cm³/mol. The quantitative estimate of drug-likeness (QED) is 0.644. The second kappa shape index (κ2) is 6.38. The van der Waals surface area contributed by atoms with E-state index < -0.39 is 21.6 Å². The minimum atomic E-state index is -4.61. The number of sulfone groups is 1. The molecule has 1 aromatic carbocycles. The van der Waals surface area contributed by atoms with Crippen LogP contribution in [0.25, 0.3) is 0 Å². The van der Waals surface area contributed by atoms with Crippen molar-refractivity contribution in [2.24, 2.45) is 4.99 Å². The summed E-state index contributed by atoms with van der Waals surface area (Å²) in [4.78, 5) is 3.63. The Balaban J connectivity index is 2.22. The van der Waals surface area contributed by atoms with E-state index in [0.717, 1.165) is 25.2 Å². The maximum absolute atomic E-state index is 12.9. The molecule has 0 amide bonds. The molecule has 1 aromatic rings. The molecule has 9 heteroatoms. The van der Waals surface area contributed by atoms with Crippen molar-refractivity contribution >= 4 is 15.8 Å². The summed E-state index contributed by atoms with van der Waals surface area (Å²) in [5.41, 5.74) is -0.763. The zero-order valence-electron chi connectivity index (χ0n) is 12.7. The molecule has 0 radical (unpaired) electrons. The van der Waals surface area contributed by atoms with Gasteiger partial charge in [0.2, 0.25) is 0 Å². The minimum Gasteiger partial charge on any atom is -0.354 e. The van der Waals surface area contributed by atoms with E-state index in [0.29, 0.717) is 18.1 Å². The Kier molecular flexibility index (Phi) is 4.88. The molecule has 0 aliphatic heterocycles. The highest BCUT2D eigenvalue weighted by Crippen LogP contribution is 2.31. The van der Waals surface area contributed by atoms with E-state index in [-0.39, 0.29) is 17.0 Å². The van der Waals surface area contributed by atoms with Crippen molar-refractivity contribution in [1.29, 1.82) is 0 Å². The van der Waals surface area contributed by atoms with Crippen LogP contribution in [0.1, 0.15) is 24.0 Å². The first-order valence-electron chi connectivity index (χ1n) is 6.98. The number of hydrogen-bond acceptors (Lipinski definition) is 3. The van der Waals surface area contributed by atoms with Gasteiger partial charge in [0.25, 0.3) is 0 Å². The summed E-state index contributed by atoms with van der Waals surface area (Å²) in [6.45, 7) is 0.0405. The van der Waals surface area contributed by atoms with Crippen LogP contribution in [-0.2, 0) is 22.6 Å². The normalized spacial score (nSPS) is 16.3. The van der Waals surface area contributed by atoms with Gasteiger partial charge in [-0.1, -0.05) is 0 Å². The van der Waals surface area contributed by atoms with E-state index in [1.165, 1.54) is 6.07 Å². The zero-order valence-corrected chi connectivity index (χ0v) is 13.6. The predicted octanol–water partition coefficient (Wildman–Crippen LogP) is 1.94. The monoisotopic (exact) mass is 349 g/mol. The summed E-state index contributed by atoms with van der Waals surface area (Å²) in [5, 5.41) is 5.99. The van der Waals surface area contributed by atoms with Gasteiger partial charge < -0.3 is 10.6 Å². The number of nitrogens with zero attached hydrogens (tertiary/aromatic N) is 1. The summed E-state index contributed by atoms with van der Waals surface area (Å²) >= 11 is 0. The molecule has 0 bridgehead atoms. The third-order valence-electron chi connectivity index (χ3n) is 3.32. The molecule has 0 aromatic heterocycles. The highest BCUT2D eigenvalue weighted by molar-refractivity contribution is 7.90. The van der Waals surface area contributed by atoms with E-state index >= 15 is 0 Å². The zero-order chi connectivity index (χ0) is 17.3. The fourth-order valence-electron chi connectivity index (χ4n) is 1.94. The van der Waals surface area contributed by atoms with Gasteiger partial charge in [0.15, 0.2) is 15.8 Å². The van der Waals surface area contributed by atoms with Crippen LogP contribution in [-0.4, -0.2) is 33.7 Å². The van der Waals surface area contributed by atoms with Crippen molar-refractivity contribution in [2.45, 2.75) is 36.5 Å². The van der Waals surface area contributed by atoms with Gasteiger partial charge in [-0.3, -0.25) is 4.99 Å². The van der Waals surface area contributed by atoms with Gasteiger partial charge in [-0.05, 0) is 36.6 Å². The Morgan fingerprint density at radius 1 is 1.30 bits per heavy atom. The topological polar surface area (TPSA) is 70.6 Å². The van der Waals surface area contributed by atoms with Crippen LogP contribution in [0.3, 0.4) is 0 Å². The summed E-state index contributed by atoms with van der Waals surface area (Å²) in [6.07, 6.45) is -1.67. The number of guanidine groups is 1. The van der Waals surface area contributed by atoms with Crippen LogP contribution in [0.15, 0.2) is 28.1 Å². The number of nitrogens with one attached hydrogen (secondary N) is 2. The molecule has 23 heavy (non-hydrogen) atoms. The largest absolute Gasteiger partial charge is 0.416 e. The third kappa shape index (κ3) is 5.12. The molecule has 1 saturated carbocycles. The van der Waals surface area contributed by atoms with E-state index in [4.69, 9.17) is 0 Å². The molecule has 128 valence electrons. The Morgan fingerprint density at radius 2 is 1.96 bits per heavy atom. The first kappa shape index (κ1) is 17.6. The lowest BCUT2D eigenvalue weighted by Gasteiger charge is -2.14. The Labute approximate surface area is 132 Å². The van der Waals surface area contributed by atoms with Crippen LogP contribution in [0.2, 0.25) is 0 Å². The molecule has 0 heterocycles. The maximum Gasteiger partial charge on any atom is 0.416 e. The van der Waals surface area contributed by atoms with Crippen molar-refractivity contribution in [2.75, 3.05) is 13.3 Å². The molecule has 2 rings (SSSR count). The average Bonchev–Trinajstić information content (AvgIpc) is 3.25. The summed E-state index contributed by atoms with van der Waals surface area (Å²) < 4.78 is 62.0. The highest BCUT2D eigenvalue weighted by atomic mass is 32.2. The molecule has 0 saturated heterocycles. The fraction of sp³-hybridized carbons (Fsp3) is 0.500. The number of halogens is 3. The van der Waals surface area contributed by atoms with Gasteiger partial charge in [-0.15, -0.1) is 0 Å².